The molecule has 0 amide bonds. The number of aryl methyl sites for hydroxylation is 1. The van der Waals surface area contributed by atoms with Gasteiger partial charge in [-0.05, 0) is 19.8 Å². The fourth-order valence-electron chi connectivity index (χ4n) is 2.27. The van der Waals surface area contributed by atoms with Crippen molar-refractivity contribution >= 4 is 11.5 Å². The van der Waals surface area contributed by atoms with E-state index >= 15 is 0 Å². The van der Waals surface area contributed by atoms with E-state index in [1.54, 1.807) is 6.92 Å². The lowest BCUT2D eigenvalue weighted by molar-refractivity contribution is -0.385. The van der Waals surface area contributed by atoms with Gasteiger partial charge in [0.05, 0.1) is 23.7 Å². The van der Waals surface area contributed by atoms with Gasteiger partial charge in [-0.1, -0.05) is 12.8 Å². The largest absolute Gasteiger partial charge is 0.376 e. The second kappa shape index (κ2) is 6.47. The number of pyridine rings is 1. The van der Waals surface area contributed by atoms with Crippen molar-refractivity contribution in [1.29, 1.82) is 0 Å². The Balaban J connectivity index is 1.79. The van der Waals surface area contributed by atoms with Crippen LogP contribution in [0.4, 0.5) is 11.5 Å². The molecule has 19 heavy (non-hydrogen) atoms. The zero-order chi connectivity index (χ0) is 13.7. The minimum absolute atomic E-state index is 0.0919. The van der Waals surface area contributed by atoms with Crippen LogP contribution in [0.5, 0.6) is 0 Å². The Bertz CT molecular complexity index is 445. The Morgan fingerprint density at radius 1 is 1.53 bits per heavy atom. The van der Waals surface area contributed by atoms with Crippen LogP contribution in [0.25, 0.3) is 0 Å². The molecule has 2 rings (SSSR count). The van der Waals surface area contributed by atoms with Crippen LogP contribution in [0.1, 0.15) is 31.2 Å². The van der Waals surface area contributed by atoms with Gasteiger partial charge in [0.2, 0.25) is 0 Å². The number of nitrogens with one attached hydrogen (secondary N) is 1. The number of nitro groups is 1. The molecule has 0 bridgehead atoms. The summed E-state index contributed by atoms with van der Waals surface area (Å²) in [7, 11) is 0. The van der Waals surface area contributed by atoms with Crippen LogP contribution in [0.2, 0.25) is 0 Å². The molecule has 1 aromatic rings. The van der Waals surface area contributed by atoms with Gasteiger partial charge in [-0.25, -0.2) is 4.98 Å². The first kappa shape index (κ1) is 13.7. The first-order valence-corrected chi connectivity index (χ1v) is 6.63. The molecule has 1 aromatic heterocycles. The number of nitrogens with zero attached hydrogens (tertiary/aromatic N) is 2. The molecule has 0 spiro atoms. The minimum atomic E-state index is -0.392. The Hall–Kier alpha value is -1.69. The lowest BCUT2D eigenvalue weighted by atomic mass is 10.2. The monoisotopic (exact) mass is 265 g/mol. The molecule has 1 N–H and O–H groups in total. The molecule has 0 aromatic carbocycles. The number of aromatic nitrogens is 1. The summed E-state index contributed by atoms with van der Waals surface area (Å²) in [5, 5.41) is 13.9. The Morgan fingerprint density at radius 2 is 2.26 bits per heavy atom. The summed E-state index contributed by atoms with van der Waals surface area (Å²) < 4.78 is 5.70. The second-order valence-electron chi connectivity index (χ2n) is 4.82. The van der Waals surface area contributed by atoms with Crippen LogP contribution in [-0.4, -0.2) is 29.2 Å². The molecule has 0 atom stereocenters. The predicted molar refractivity (Wildman–Crippen MR) is 72.3 cm³/mol. The van der Waals surface area contributed by atoms with Crippen molar-refractivity contribution in [1.82, 2.24) is 4.98 Å². The summed E-state index contributed by atoms with van der Waals surface area (Å²) in [4.78, 5) is 14.5. The van der Waals surface area contributed by atoms with Gasteiger partial charge in [0.1, 0.15) is 5.82 Å². The first-order valence-electron chi connectivity index (χ1n) is 6.63. The average Bonchev–Trinajstić information content (AvgIpc) is 2.89. The quantitative estimate of drug-likeness (QED) is 0.486. The van der Waals surface area contributed by atoms with E-state index in [1.165, 1.54) is 25.1 Å². The van der Waals surface area contributed by atoms with Gasteiger partial charge in [0.25, 0.3) is 5.69 Å². The maximum Gasteiger partial charge on any atom is 0.277 e. The smallest absolute Gasteiger partial charge is 0.277 e. The van der Waals surface area contributed by atoms with Gasteiger partial charge in [0.15, 0.2) is 0 Å². The average molecular weight is 265 g/mol. The third-order valence-corrected chi connectivity index (χ3v) is 3.34. The van der Waals surface area contributed by atoms with Crippen LogP contribution >= 0.6 is 0 Å². The van der Waals surface area contributed by atoms with Crippen molar-refractivity contribution in [3.63, 3.8) is 0 Å². The molecular weight excluding hydrogens is 246 g/mol. The fraction of sp³-hybridized carbons (Fsp3) is 0.615. The lowest BCUT2D eigenvalue weighted by Gasteiger charge is -2.11. The molecule has 1 saturated carbocycles. The maximum atomic E-state index is 10.8. The van der Waals surface area contributed by atoms with Crippen LogP contribution in [-0.2, 0) is 4.74 Å². The van der Waals surface area contributed by atoms with Gasteiger partial charge < -0.3 is 10.1 Å². The summed E-state index contributed by atoms with van der Waals surface area (Å²) in [6.07, 6.45) is 6.70. The van der Waals surface area contributed by atoms with Gasteiger partial charge in [0, 0.05) is 18.3 Å². The summed E-state index contributed by atoms with van der Waals surface area (Å²) in [6, 6.07) is 1.46. The van der Waals surface area contributed by atoms with E-state index in [0.717, 1.165) is 12.8 Å². The molecule has 6 heteroatoms. The van der Waals surface area contributed by atoms with E-state index in [2.05, 4.69) is 10.3 Å². The Labute approximate surface area is 112 Å². The molecule has 1 fully saturated rings. The molecule has 6 nitrogen and oxygen atoms in total. The Morgan fingerprint density at radius 3 is 2.95 bits per heavy atom. The second-order valence-corrected chi connectivity index (χ2v) is 4.82. The minimum Gasteiger partial charge on any atom is -0.376 e. The SMILES string of the molecule is Cc1cnc(NCCOC2CCCC2)cc1[N+](=O)[O-]. The van der Waals surface area contributed by atoms with E-state index in [9.17, 15) is 10.1 Å². The van der Waals surface area contributed by atoms with Crippen LogP contribution in [0.15, 0.2) is 12.3 Å². The summed E-state index contributed by atoms with van der Waals surface area (Å²) in [6.45, 7) is 2.90. The highest BCUT2D eigenvalue weighted by atomic mass is 16.6. The van der Waals surface area contributed by atoms with Crippen LogP contribution in [0, 0.1) is 17.0 Å². The molecule has 1 aliphatic rings. The summed E-state index contributed by atoms with van der Waals surface area (Å²) in [5.41, 5.74) is 0.659. The lowest BCUT2D eigenvalue weighted by Crippen LogP contribution is -2.16. The third-order valence-electron chi connectivity index (χ3n) is 3.34. The molecule has 0 saturated heterocycles. The van der Waals surface area contributed by atoms with E-state index in [4.69, 9.17) is 4.74 Å². The van der Waals surface area contributed by atoms with Crippen molar-refractivity contribution in [2.24, 2.45) is 0 Å². The van der Waals surface area contributed by atoms with E-state index in [-0.39, 0.29) is 5.69 Å². The Kier molecular flexibility index (Phi) is 4.68. The first-order chi connectivity index (χ1) is 9.16. The standard InChI is InChI=1S/C13H19N3O3/c1-10-9-15-13(8-12(10)16(17)18)14-6-7-19-11-4-2-3-5-11/h8-9,11H,2-7H2,1H3,(H,14,15). The van der Waals surface area contributed by atoms with Gasteiger partial charge in [-0.2, -0.15) is 0 Å². The summed E-state index contributed by atoms with van der Waals surface area (Å²) >= 11 is 0. The maximum absolute atomic E-state index is 10.8. The zero-order valence-corrected chi connectivity index (χ0v) is 11.1. The third kappa shape index (κ3) is 3.89. The summed E-state index contributed by atoms with van der Waals surface area (Å²) in [5.74, 6) is 0.521. The highest BCUT2D eigenvalue weighted by Crippen LogP contribution is 2.21. The normalized spacial score (nSPS) is 15.6. The van der Waals surface area contributed by atoms with Gasteiger partial charge >= 0.3 is 0 Å². The van der Waals surface area contributed by atoms with Crippen molar-refractivity contribution in [3.05, 3.63) is 27.9 Å². The number of ether oxygens (including phenoxy) is 1. The van der Waals surface area contributed by atoms with Gasteiger partial charge in [-0.15, -0.1) is 0 Å². The molecular formula is C13H19N3O3. The van der Waals surface area contributed by atoms with Crippen molar-refractivity contribution in [3.8, 4) is 0 Å². The molecule has 1 aliphatic carbocycles. The number of rotatable bonds is 6. The van der Waals surface area contributed by atoms with Crippen LogP contribution in [0.3, 0.4) is 0 Å². The highest BCUT2D eigenvalue weighted by Gasteiger charge is 2.15. The number of anilines is 1. The molecule has 1 heterocycles. The molecule has 0 unspecified atom stereocenters. The topological polar surface area (TPSA) is 77.3 Å². The van der Waals surface area contributed by atoms with Crippen LogP contribution < -0.4 is 5.32 Å². The van der Waals surface area contributed by atoms with E-state index in [0.29, 0.717) is 30.6 Å². The number of hydrogen-bond acceptors (Lipinski definition) is 5. The predicted octanol–water partition coefficient (Wildman–Crippen LogP) is 2.67. The molecule has 0 radical (unpaired) electrons. The van der Waals surface area contributed by atoms with Crippen molar-refractivity contribution < 1.29 is 9.66 Å². The molecule has 104 valence electrons. The van der Waals surface area contributed by atoms with Gasteiger partial charge in [-0.3, -0.25) is 10.1 Å². The number of hydrogen-bond donors (Lipinski definition) is 1. The zero-order valence-electron chi connectivity index (χ0n) is 11.1. The van der Waals surface area contributed by atoms with E-state index < -0.39 is 4.92 Å². The molecule has 0 aliphatic heterocycles. The van der Waals surface area contributed by atoms with E-state index in [1.807, 2.05) is 0 Å². The fourth-order valence-corrected chi connectivity index (χ4v) is 2.27. The van der Waals surface area contributed by atoms with Crippen molar-refractivity contribution in [2.75, 3.05) is 18.5 Å². The highest BCUT2D eigenvalue weighted by molar-refractivity contribution is 5.48. The van der Waals surface area contributed by atoms with Crippen molar-refractivity contribution in [2.45, 2.75) is 38.7 Å².